The first-order chi connectivity index (χ1) is 44.9. The molecule has 3 atom stereocenters. The Kier molecular flexibility index (Phi) is 67.5. The lowest BCUT2D eigenvalue weighted by Gasteiger charge is -2.30. The van der Waals surface area contributed by atoms with Crippen LogP contribution in [0.15, 0.2) is 122 Å². The maximum absolute atomic E-state index is 13.6. The van der Waals surface area contributed by atoms with Gasteiger partial charge in [0.25, 0.3) is 7.82 Å². The predicted molar refractivity (Wildman–Crippen MR) is 399 cm³/mol. The van der Waals surface area contributed by atoms with E-state index in [0.717, 1.165) is 122 Å². The van der Waals surface area contributed by atoms with Crippen LogP contribution in [0, 0.1) is 0 Å². The third kappa shape index (κ3) is 70.7. The number of rotatable bonds is 69. The maximum atomic E-state index is 13.6. The zero-order valence-corrected chi connectivity index (χ0v) is 61.6. The number of quaternary nitrogens is 1. The van der Waals surface area contributed by atoms with E-state index in [1.54, 1.807) is 0 Å². The summed E-state index contributed by atoms with van der Waals surface area (Å²) in [4.78, 5) is 40.3. The van der Waals surface area contributed by atoms with Gasteiger partial charge in [-0.2, -0.15) is 0 Å². The molecule has 92 heavy (non-hydrogen) atoms. The third-order valence-electron chi connectivity index (χ3n) is 16.6. The molecular weight excluding hydrogens is 1160 g/mol. The number of phosphoric ester groups is 1. The van der Waals surface area contributed by atoms with Crippen LogP contribution < -0.4 is 10.2 Å². The number of hydrogen-bond acceptors (Lipinski definition) is 7. The van der Waals surface area contributed by atoms with Gasteiger partial charge in [-0.05, 0) is 122 Å². The van der Waals surface area contributed by atoms with E-state index in [1.807, 2.05) is 33.3 Å². The number of nitrogens with one attached hydrogen (secondary N) is 1. The fourth-order valence-corrected chi connectivity index (χ4v) is 11.5. The highest BCUT2D eigenvalue weighted by Gasteiger charge is 2.27. The van der Waals surface area contributed by atoms with Crippen LogP contribution in [-0.2, 0) is 27.9 Å². The molecule has 0 aliphatic carbocycles. The minimum atomic E-state index is -4.72. The molecule has 0 radical (unpaired) electrons. The quantitative estimate of drug-likeness (QED) is 0.0212. The fourth-order valence-electron chi connectivity index (χ4n) is 10.8. The number of unbranched alkanes of at least 4 members (excludes halogenated alkanes) is 35. The van der Waals surface area contributed by atoms with Crippen molar-refractivity contribution in [3.8, 4) is 0 Å². The van der Waals surface area contributed by atoms with Crippen molar-refractivity contribution in [1.29, 1.82) is 0 Å². The van der Waals surface area contributed by atoms with E-state index in [1.165, 1.54) is 180 Å². The molecule has 0 spiro atoms. The van der Waals surface area contributed by atoms with Gasteiger partial charge in [-0.1, -0.05) is 322 Å². The lowest BCUT2D eigenvalue weighted by molar-refractivity contribution is -0.870. The molecule has 0 rings (SSSR count). The molecule has 530 valence electrons. The van der Waals surface area contributed by atoms with Crippen LogP contribution in [0.5, 0.6) is 0 Å². The number of ether oxygens (including phenoxy) is 1. The van der Waals surface area contributed by atoms with Gasteiger partial charge in [0.1, 0.15) is 19.3 Å². The van der Waals surface area contributed by atoms with E-state index in [2.05, 4.69) is 135 Å². The Bertz CT molecular complexity index is 1990. The summed E-state index contributed by atoms with van der Waals surface area (Å²) in [6.45, 7) is 6.72. The van der Waals surface area contributed by atoms with Crippen LogP contribution >= 0.6 is 7.82 Å². The van der Waals surface area contributed by atoms with E-state index < -0.39 is 26.6 Å². The molecule has 0 aromatic rings. The van der Waals surface area contributed by atoms with Crippen LogP contribution in [0.2, 0.25) is 0 Å². The Morgan fingerprint density at radius 1 is 0.391 bits per heavy atom. The lowest BCUT2D eigenvalue weighted by Crippen LogP contribution is -2.47. The summed E-state index contributed by atoms with van der Waals surface area (Å²) < 4.78 is 30.5. The minimum Gasteiger partial charge on any atom is -0.756 e. The van der Waals surface area contributed by atoms with Gasteiger partial charge in [0.05, 0.1) is 33.8 Å². The molecule has 0 aromatic heterocycles. The average molecular weight is 1300 g/mol. The lowest BCUT2D eigenvalue weighted by atomic mass is 10.0. The zero-order chi connectivity index (χ0) is 67.0. The van der Waals surface area contributed by atoms with Crippen LogP contribution in [0.3, 0.4) is 0 Å². The number of likely N-dealkylation sites (N-methyl/N-ethyl adjacent to an activating group) is 1. The van der Waals surface area contributed by atoms with Gasteiger partial charge < -0.3 is 28.5 Å². The zero-order valence-electron chi connectivity index (χ0n) is 60.7. The SMILES string of the molecule is CC/C=C\C/C=C\C/C=C\C/C=C\C/C=C\C/C=C\CCCCCCCCCCC(=O)OC(/C=C/CCCCCCCCCCCC)C(COP(=O)([O-])OCC[N+](C)(C)C)NC(=O)CCCCCCCCCCCCCCCC/C=C\C/C=C\C/C=C\CCCCC. The molecule has 3 unspecified atom stereocenters. The fraction of sp³-hybridized carbons (Fsp3) is 0.732. The Morgan fingerprint density at radius 2 is 0.696 bits per heavy atom. The largest absolute Gasteiger partial charge is 0.756 e. The van der Waals surface area contributed by atoms with Crippen molar-refractivity contribution in [2.45, 2.75) is 348 Å². The number of phosphoric acid groups is 1. The molecule has 0 bridgehead atoms. The van der Waals surface area contributed by atoms with E-state index in [-0.39, 0.29) is 24.9 Å². The van der Waals surface area contributed by atoms with Gasteiger partial charge in [-0.15, -0.1) is 0 Å². The highest BCUT2D eigenvalue weighted by Crippen LogP contribution is 2.38. The van der Waals surface area contributed by atoms with E-state index >= 15 is 0 Å². The van der Waals surface area contributed by atoms with Gasteiger partial charge in [0.2, 0.25) is 5.91 Å². The van der Waals surface area contributed by atoms with Crippen LogP contribution in [0.1, 0.15) is 335 Å². The molecule has 9 nitrogen and oxygen atoms in total. The first-order valence-electron chi connectivity index (χ1n) is 38.3. The van der Waals surface area contributed by atoms with E-state index in [4.69, 9.17) is 13.8 Å². The standard InChI is InChI=1S/C82H145N2O7P/c1-7-10-13-16-19-22-25-28-30-32-34-36-38-40-42-44-46-48-50-52-54-56-59-62-65-68-71-74-81(85)83-79(78-90-92(87,88)89-77-76-84(4,5)6)80(73-70-67-64-61-58-27-24-21-18-15-12-9-3)91-82(86)75-72-69-66-63-60-57-55-53-51-49-47-45-43-41-39-37-35-33-31-29-26-23-20-17-14-11-8-2/h11,14,19-20,22-23,28-31,34-37,41,43,47,49,70,73,79-80H,7-10,12-13,15-18,21,24-27,32-33,38-40,42,44-46,48,50-69,71-72,74-78H2,1-6H3,(H-,83,85,87,88)/b14-11-,22-19-,23-20-,30-28-,31-29-,36-34-,37-35-,43-41-,49-47-,73-70+. The highest BCUT2D eigenvalue weighted by molar-refractivity contribution is 7.45. The molecule has 10 heteroatoms. The van der Waals surface area contributed by atoms with Gasteiger partial charge in [0, 0.05) is 12.8 Å². The molecule has 0 aliphatic rings. The van der Waals surface area contributed by atoms with Crippen molar-refractivity contribution in [3.05, 3.63) is 122 Å². The topological polar surface area (TPSA) is 114 Å². The molecule has 1 N–H and O–H groups in total. The second-order valence-electron chi connectivity index (χ2n) is 26.8. The van der Waals surface area contributed by atoms with E-state index in [0.29, 0.717) is 17.4 Å². The Morgan fingerprint density at radius 3 is 1.07 bits per heavy atom. The molecule has 0 heterocycles. The first kappa shape index (κ1) is 88.4. The van der Waals surface area contributed by atoms with Crippen LogP contribution in [-0.4, -0.2) is 69.4 Å². The summed E-state index contributed by atoms with van der Waals surface area (Å²) in [7, 11) is 1.17. The first-order valence-corrected chi connectivity index (χ1v) is 39.8. The summed E-state index contributed by atoms with van der Waals surface area (Å²) in [6, 6.07) is -0.901. The maximum Gasteiger partial charge on any atom is 0.306 e. The van der Waals surface area contributed by atoms with Gasteiger partial charge >= 0.3 is 5.97 Å². The van der Waals surface area contributed by atoms with Gasteiger partial charge in [0.15, 0.2) is 0 Å². The molecule has 0 aliphatic heterocycles. The van der Waals surface area contributed by atoms with Crippen LogP contribution in [0.4, 0.5) is 0 Å². The predicted octanol–water partition coefficient (Wildman–Crippen LogP) is 24.3. The van der Waals surface area contributed by atoms with Crippen molar-refractivity contribution < 1.29 is 37.3 Å². The van der Waals surface area contributed by atoms with Crippen molar-refractivity contribution in [3.63, 3.8) is 0 Å². The van der Waals surface area contributed by atoms with Crippen molar-refractivity contribution in [1.82, 2.24) is 5.32 Å². The molecule has 0 saturated heterocycles. The van der Waals surface area contributed by atoms with Crippen molar-refractivity contribution in [2.24, 2.45) is 0 Å². The Balaban J connectivity index is 5.00. The molecule has 0 aromatic carbocycles. The number of amides is 1. The minimum absolute atomic E-state index is 0.0284. The molecule has 1 amide bonds. The van der Waals surface area contributed by atoms with Crippen molar-refractivity contribution >= 4 is 19.7 Å². The summed E-state index contributed by atoms with van der Waals surface area (Å²) in [5.74, 6) is -0.548. The second-order valence-corrected chi connectivity index (χ2v) is 28.2. The second kappa shape index (κ2) is 70.2. The normalized spacial score (nSPS) is 14.1. The Hall–Kier alpha value is -3.59. The monoisotopic (exact) mass is 1300 g/mol. The number of carbonyl (C=O) groups is 2. The summed E-state index contributed by atoms with van der Waals surface area (Å²) in [6.07, 6.45) is 99.0. The van der Waals surface area contributed by atoms with E-state index in [9.17, 15) is 19.0 Å². The van der Waals surface area contributed by atoms with Gasteiger partial charge in [-0.3, -0.25) is 14.2 Å². The third-order valence-corrected chi connectivity index (χ3v) is 17.6. The smallest absolute Gasteiger partial charge is 0.306 e. The highest BCUT2D eigenvalue weighted by atomic mass is 31.2. The molecule has 0 saturated carbocycles. The number of esters is 1. The number of carbonyl (C=O) groups excluding carboxylic acids is 2. The number of allylic oxidation sites excluding steroid dienone is 19. The summed E-state index contributed by atoms with van der Waals surface area (Å²) in [5.41, 5.74) is 0. The van der Waals surface area contributed by atoms with Crippen LogP contribution in [0.25, 0.3) is 0 Å². The average Bonchev–Trinajstić information content (AvgIpc) is 3.72. The molecule has 0 fully saturated rings. The molecular formula is C82H145N2O7P. The number of hydrogen-bond donors (Lipinski definition) is 1. The Labute approximate surface area is 569 Å². The summed E-state index contributed by atoms with van der Waals surface area (Å²) in [5, 5.41) is 3.05. The summed E-state index contributed by atoms with van der Waals surface area (Å²) >= 11 is 0. The number of nitrogens with zero attached hydrogens (tertiary/aromatic N) is 1. The van der Waals surface area contributed by atoms with Crippen molar-refractivity contribution in [2.75, 3.05) is 40.9 Å². The van der Waals surface area contributed by atoms with Gasteiger partial charge in [-0.25, -0.2) is 0 Å².